The number of aliphatic hydroxyl groups excluding tert-OH is 1. The van der Waals surface area contributed by atoms with Crippen LogP contribution in [0.2, 0.25) is 5.02 Å². The van der Waals surface area contributed by atoms with E-state index in [-0.39, 0.29) is 17.8 Å². The minimum Gasteiger partial charge on any atom is -0.503 e. The Morgan fingerprint density at radius 1 is 1.00 bits per heavy atom. The number of halogens is 1. The van der Waals surface area contributed by atoms with Gasteiger partial charge in [0.25, 0.3) is 5.91 Å². The molecule has 0 radical (unpaired) electrons. The van der Waals surface area contributed by atoms with Crippen LogP contribution >= 0.6 is 11.6 Å². The average Bonchev–Trinajstić information content (AvgIpc) is 3.32. The lowest BCUT2D eigenvalue weighted by Crippen LogP contribution is -2.31. The van der Waals surface area contributed by atoms with Gasteiger partial charge < -0.3 is 9.67 Å². The number of anilines is 1. The molecule has 5 nitrogen and oxygen atoms in total. The highest BCUT2D eigenvalue weighted by Gasteiger charge is 2.45. The van der Waals surface area contributed by atoms with Gasteiger partial charge in [0.15, 0.2) is 11.5 Å². The van der Waals surface area contributed by atoms with E-state index in [1.54, 1.807) is 24.3 Å². The number of ketones is 1. The number of benzene rings is 3. The number of carbonyl (C=O) groups is 2. The van der Waals surface area contributed by atoms with Gasteiger partial charge in [-0.15, -0.1) is 0 Å². The number of aryl methyl sites for hydroxylation is 2. The quantitative estimate of drug-likeness (QED) is 0.379. The van der Waals surface area contributed by atoms with Gasteiger partial charge in [-0.2, -0.15) is 0 Å². The molecule has 5 rings (SSSR count). The summed E-state index contributed by atoms with van der Waals surface area (Å²) in [6, 6.07) is 23.6. The van der Waals surface area contributed by atoms with Crippen LogP contribution in [0.15, 0.2) is 96.4 Å². The maximum atomic E-state index is 13.5. The van der Waals surface area contributed by atoms with Gasteiger partial charge in [-0.1, -0.05) is 66.2 Å². The first-order valence-electron chi connectivity index (χ1n) is 11.1. The van der Waals surface area contributed by atoms with Gasteiger partial charge in [0, 0.05) is 46.8 Å². The van der Waals surface area contributed by atoms with Gasteiger partial charge in [-0.05, 0) is 36.2 Å². The van der Waals surface area contributed by atoms with Gasteiger partial charge in [0.2, 0.25) is 0 Å². The predicted octanol–water partition coefficient (Wildman–Crippen LogP) is 5.93. The lowest BCUT2D eigenvalue weighted by molar-refractivity contribution is -0.118. The third-order valence-electron chi connectivity index (χ3n) is 6.30. The highest BCUT2D eigenvalue weighted by molar-refractivity contribution is 6.31. The average molecular weight is 471 g/mol. The Morgan fingerprint density at radius 3 is 2.50 bits per heavy atom. The van der Waals surface area contributed by atoms with Crippen molar-refractivity contribution in [3.63, 3.8) is 0 Å². The Hall–Kier alpha value is -3.83. The van der Waals surface area contributed by atoms with E-state index in [9.17, 15) is 14.7 Å². The second-order valence-corrected chi connectivity index (χ2v) is 8.88. The number of fused-ring (bicyclic) bond motifs is 1. The van der Waals surface area contributed by atoms with Crippen LogP contribution < -0.4 is 4.90 Å². The van der Waals surface area contributed by atoms with E-state index >= 15 is 0 Å². The zero-order valence-corrected chi connectivity index (χ0v) is 19.4. The maximum absolute atomic E-state index is 13.5. The van der Waals surface area contributed by atoms with Crippen LogP contribution in [0.5, 0.6) is 0 Å². The van der Waals surface area contributed by atoms with E-state index in [1.165, 1.54) is 4.90 Å². The molecule has 1 atom stereocenters. The van der Waals surface area contributed by atoms with E-state index in [1.807, 2.05) is 72.4 Å². The van der Waals surface area contributed by atoms with Crippen LogP contribution in [-0.2, 0) is 23.1 Å². The summed E-state index contributed by atoms with van der Waals surface area (Å²) in [7, 11) is 1.92. The molecular formula is C28H23ClN2O3. The van der Waals surface area contributed by atoms with Crippen LogP contribution in [0, 0.1) is 0 Å². The standard InChI is InChI=1S/C28H23ClN2O3/c1-30-17-22(21-12-5-6-13-23(21)30)26-25(24(32)15-14-18-8-3-2-4-9-18)27(33)28(34)31(26)20-11-7-10-19(29)16-20/h2-13,16-17,26,33H,14-15H2,1H3. The fourth-order valence-electron chi connectivity index (χ4n) is 4.70. The van der Waals surface area contributed by atoms with Gasteiger partial charge >= 0.3 is 0 Å². The summed E-state index contributed by atoms with van der Waals surface area (Å²) in [5.74, 6) is -1.36. The minimum atomic E-state index is -0.764. The molecule has 1 unspecified atom stereocenters. The highest BCUT2D eigenvalue weighted by atomic mass is 35.5. The van der Waals surface area contributed by atoms with Crippen molar-refractivity contribution in [1.82, 2.24) is 4.57 Å². The summed E-state index contributed by atoms with van der Waals surface area (Å²) >= 11 is 6.23. The molecule has 0 saturated carbocycles. The molecule has 0 saturated heterocycles. The molecule has 3 aromatic carbocycles. The Kier molecular flexibility index (Phi) is 5.72. The molecule has 6 heteroatoms. The molecule has 1 aliphatic rings. The number of carbonyl (C=O) groups excluding carboxylic acids is 2. The third kappa shape index (κ3) is 3.78. The fraction of sp³-hybridized carbons (Fsp3) is 0.143. The molecule has 2 heterocycles. The molecule has 0 spiro atoms. The van der Waals surface area contributed by atoms with E-state index in [0.717, 1.165) is 22.0 Å². The summed E-state index contributed by atoms with van der Waals surface area (Å²) in [6.45, 7) is 0. The summed E-state index contributed by atoms with van der Waals surface area (Å²) in [6.07, 6.45) is 2.62. The largest absolute Gasteiger partial charge is 0.503 e. The SMILES string of the molecule is Cn1cc(C2C(C(=O)CCc3ccccc3)=C(O)C(=O)N2c2cccc(Cl)c2)c2ccccc21. The Balaban J connectivity index is 1.62. The van der Waals surface area contributed by atoms with Crippen molar-refractivity contribution in [2.45, 2.75) is 18.9 Å². The molecular weight excluding hydrogens is 448 g/mol. The first-order valence-corrected chi connectivity index (χ1v) is 11.5. The molecule has 1 N–H and O–H groups in total. The number of nitrogens with zero attached hydrogens (tertiary/aromatic N) is 2. The van der Waals surface area contributed by atoms with Crippen molar-refractivity contribution >= 4 is 39.9 Å². The Bertz CT molecular complexity index is 1440. The number of aliphatic hydroxyl groups is 1. The number of aromatic nitrogens is 1. The molecule has 34 heavy (non-hydrogen) atoms. The second kappa shape index (κ2) is 8.84. The monoisotopic (exact) mass is 470 g/mol. The third-order valence-corrected chi connectivity index (χ3v) is 6.54. The number of hydrogen-bond acceptors (Lipinski definition) is 3. The first-order chi connectivity index (χ1) is 16.5. The topological polar surface area (TPSA) is 62.5 Å². The molecule has 0 fully saturated rings. The Labute approximate surface area is 202 Å². The number of rotatable bonds is 6. The number of amides is 1. The van der Waals surface area contributed by atoms with Crippen molar-refractivity contribution in [2.24, 2.45) is 7.05 Å². The summed E-state index contributed by atoms with van der Waals surface area (Å²) < 4.78 is 1.97. The van der Waals surface area contributed by atoms with E-state index in [4.69, 9.17) is 11.6 Å². The van der Waals surface area contributed by atoms with E-state index in [0.29, 0.717) is 17.1 Å². The highest BCUT2D eigenvalue weighted by Crippen LogP contribution is 2.44. The normalized spacial score (nSPS) is 16.0. The van der Waals surface area contributed by atoms with Gasteiger partial charge in [-0.25, -0.2) is 0 Å². The number of Topliss-reactive ketones (excluding diaryl/α,β-unsaturated/α-hetero) is 1. The van der Waals surface area contributed by atoms with E-state index < -0.39 is 17.7 Å². The molecule has 4 aromatic rings. The smallest absolute Gasteiger partial charge is 0.294 e. The predicted molar refractivity (Wildman–Crippen MR) is 134 cm³/mol. The summed E-state index contributed by atoms with van der Waals surface area (Å²) in [5, 5.41) is 12.3. The van der Waals surface area contributed by atoms with Crippen LogP contribution in [0.1, 0.15) is 23.6 Å². The molecule has 1 aliphatic heterocycles. The molecule has 1 aromatic heterocycles. The number of para-hydroxylation sites is 1. The summed E-state index contributed by atoms with van der Waals surface area (Å²) in [4.78, 5) is 28.3. The maximum Gasteiger partial charge on any atom is 0.294 e. The van der Waals surface area contributed by atoms with Crippen molar-refractivity contribution in [1.29, 1.82) is 0 Å². The molecule has 0 aliphatic carbocycles. The van der Waals surface area contributed by atoms with Crippen LogP contribution in [-0.4, -0.2) is 21.4 Å². The fourth-order valence-corrected chi connectivity index (χ4v) is 4.89. The lowest BCUT2D eigenvalue weighted by atomic mass is 9.92. The van der Waals surface area contributed by atoms with Gasteiger partial charge in [0.05, 0.1) is 11.6 Å². The summed E-state index contributed by atoms with van der Waals surface area (Å²) in [5.41, 5.74) is 3.41. The van der Waals surface area contributed by atoms with Crippen molar-refractivity contribution in [3.8, 4) is 0 Å². The zero-order chi connectivity index (χ0) is 23.8. The molecule has 1 amide bonds. The van der Waals surface area contributed by atoms with Crippen LogP contribution in [0.25, 0.3) is 10.9 Å². The van der Waals surface area contributed by atoms with Crippen molar-refractivity contribution < 1.29 is 14.7 Å². The Morgan fingerprint density at radius 2 is 1.74 bits per heavy atom. The first kappa shape index (κ1) is 22.0. The number of hydrogen-bond donors (Lipinski definition) is 1. The van der Waals surface area contributed by atoms with E-state index in [2.05, 4.69) is 0 Å². The second-order valence-electron chi connectivity index (χ2n) is 8.44. The molecule has 170 valence electrons. The van der Waals surface area contributed by atoms with Crippen molar-refractivity contribution in [2.75, 3.05) is 4.90 Å². The zero-order valence-electron chi connectivity index (χ0n) is 18.6. The minimum absolute atomic E-state index is 0.122. The van der Waals surface area contributed by atoms with Crippen LogP contribution in [0.3, 0.4) is 0 Å². The van der Waals surface area contributed by atoms with Crippen molar-refractivity contribution in [3.05, 3.63) is 113 Å². The molecule has 0 bridgehead atoms. The van der Waals surface area contributed by atoms with Crippen LogP contribution in [0.4, 0.5) is 5.69 Å². The van der Waals surface area contributed by atoms with Gasteiger partial charge in [0.1, 0.15) is 0 Å². The lowest BCUT2D eigenvalue weighted by Gasteiger charge is -2.26. The van der Waals surface area contributed by atoms with Gasteiger partial charge in [-0.3, -0.25) is 14.5 Å².